The molecule has 0 N–H and O–H groups in total. The lowest BCUT2D eigenvalue weighted by Gasteiger charge is -2.26. The number of quaternary nitrogens is 1. The van der Waals surface area contributed by atoms with E-state index in [-0.39, 0.29) is 38.6 Å². The summed E-state index contributed by atoms with van der Waals surface area (Å²) in [5.41, 5.74) is 0. The molecule has 0 amide bonds. The van der Waals surface area contributed by atoms with E-state index < -0.39 is 24.3 Å². The molecule has 0 saturated carbocycles. The maximum Gasteiger partial charge on any atom is 0.306 e. The molecule has 0 bridgehead atoms. The molecule has 0 radical (unpaired) electrons. The van der Waals surface area contributed by atoms with Crippen LogP contribution in [-0.4, -0.2) is 82.3 Å². The number of hydrogen-bond donors (Lipinski definition) is 0. The molecule has 0 saturated heterocycles. The molecule has 0 rings (SSSR count). The van der Waals surface area contributed by atoms with Crippen molar-refractivity contribution in [2.45, 2.75) is 289 Å². The van der Waals surface area contributed by atoms with Gasteiger partial charge in [0.15, 0.2) is 12.4 Å². The monoisotopic (exact) mass is 1070 g/mol. The molecule has 9 heteroatoms. The number of rotatable bonds is 58. The molecule has 0 spiro atoms. The number of carboxylic acid groups (broad SMARTS) is 1. The molecule has 0 aromatic rings. The average molecular weight is 1070 g/mol. The minimum Gasteiger partial charge on any atom is -0.545 e. The van der Waals surface area contributed by atoms with Crippen LogP contribution in [0, 0.1) is 0 Å². The highest BCUT2D eigenvalue weighted by molar-refractivity contribution is 5.70. The quantitative estimate of drug-likeness (QED) is 0.0195. The molecular weight excluding hydrogens is 947 g/mol. The number of ether oxygens (including phenoxy) is 4. The predicted molar refractivity (Wildman–Crippen MR) is 320 cm³/mol. The van der Waals surface area contributed by atoms with E-state index >= 15 is 0 Å². The summed E-state index contributed by atoms with van der Waals surface area (Å²) in [6.45, 7) is 4.65. The van der Waals surface area contributed by atoms with Crippen LogP contribution in [-0.2, 0) is 33.3 Å². The van der Waals surface area contributed by atoms with Crippen molar-refractivity contribution < 1.29 is 42.9 Å². The third kappa shape index (κ3) is 58.4. The van der Waals surface area contributed by atoms with E-state index in [1.165, 1.54) is 161 Å². The van der Waals surface area contributed by atoms with E-state index in [4.69, 9.17) is 18.9 Å². The third-order valence-corrected chi connectivity index (χ3v) is 13.7. The zero-order valence-electron chi connectivity index (χ0n) is 50.1. The zero-order valence-corrected chi connectivity index (χ0v) is 50.1. The van der Waals surface area contributed by atoms with E-state index in [2.05, 4.69) is 86.8 Å². The van der Waals surface area contributed by atoms with Crippen molar-refractivity contribution in [1.29, 1.82) is 0 Å². The van der Waals surface area contributed by atoms with Gasteiger partial charge in [0.2, 0.25) is 0 Å². The Morgan fingerprint density at radius 3 is 1.13 bits per heavy atom. The SMILES string of the molecule is CC/C=C\C/C=C\C/C=C\C/C=C\C/C=C\CCCCCCCCCCCCCCCCCCCCCC(=O)OC(COC(=O)CCCCCCC/C=C\CCCCCCCCC)COC(OCC[N+](C)(C)C)C(=O)[O-]. The molecule has 76 heavy (non-hydrogen) atoms. The fourth-order valence-electron chi connectivity index (χ4n) is 8.85. The van der Waals surface area contributed by atoms with Gasteiger partial charge in [0.25, 0.3) is 0 Å². The van der Waals surface area contributed by atoms with Gasteiger partial charge in [0.05, 0.1) is 40.3 Å². The Kier molecular flexibility index (Phi) is 55.4. The molecule has 0 heterocycles. The molecular formula is C67H119NO8. The molecule has 0 aromatic heterocycles. The van der Waals surface area contributed by atoms with Gasteiger partial charge in [-0.25, -0.2) is 0 Å². The number of carboxylic acids is 1. The van der Waals surface area contributed by atoms with E-state index in [1.54, 1.807) is 0 Å². The summed E-state index contributed by atoms with van der Waals surface area (Å²) >= 11 is 0. The number of carbonyl (C=O) groups is 3. The minimum absolute atomic E-state index is 0.146. The largest absolute Gasteiger partial charge is 0.545 e. The lowest BCUT2D eigenvalue weighted by Crippen LogP contribution is -2.44. The lowest BCUT2D eigenvalue weighted by atomic mass is 10.0. The smallest absolute Gasteiger partial charge is 0.306 e. The summed E-state index contributed by atoms with van der Waals surface area (Å²) in [5.74, 6) is -2.28. The average Bonchev–Trinajstić information content (AvgIpc) is 3.39. The van der Waals surface area contributed by atoms with E-state index in [0.29, 0.717) is 17.4 Å². The standard InChI is InChI=1S/C67H119NO8/c1-6-8-10-12-14-16-18-20-22-24-25-26-27-28-29-30-31-32-33-34-35-36-37-38-39-40-41-42-44-46-48-50-52-54-56-58-65(70)76-63(62-75-67(66(71)72)73-60-59-68(3,4)5)61-74-64(69)57-55-53-51-49-47-45-43-23-21-19-17-15-13-11-9-7-2/h8,10,14,16,20,22-23,25-26,28-29,43,63,67H,6-7,9,11-13,15,17-19,21,24,27,30-42,44-62H2,1-5H3/b10-8-,16-14-,22-20-,26-25-,29-28-,43-23-. The zero-order chi connectivity index (χ0) is 55.5. The summed E-state index contributed by atoms with van der Waals surface area (Å²) in [6.07, 6.45) is 72.6. The molecule has 0 fully saturated rings. The van der Waals surface area contributed by atoms with Crippen molar-refractivity contribution >= 4 is 17.9 Å². The number of aliphatic carboxylic acids is 1. The van der Waals surface area contributed by atoms with Crippen molar-refractivity contribution in [3.05, 3.63) is 72.9 Å². The Morgan fingerprint density at radius 1 is 0.408 bits per heavy atom. The van der Waals surface area contributed by atoms with Crippen LogP contribution >= 0.6 is 0 Å². The maximum atomic E-state index is 12.9. The van der Waals surface area contributed by atoms with Gasteiger partial charge in [0, 0.05) is 12.8 Å². The molecule has 0 aliphatic heterocycles. The van der Waals surface area contributed by atoms with Gasteiger partial charge < -0.3 is 33.3 Å². The van der Waals surface area contributed by atoms with Crippen LogP contribution in [0.25, 0.3) is 0 Å². The Balaban J connectivity index is 4.07. The number of nitrogens with zero attached hydrogens (tertiary/aromatic N) is 1. The Labute approximate surface area is 468 Å². The summed E-state index contributed by atoms with van der Waals surface area (Å²) in [5, 5.41) is 11.8. The topological polar surface area (TPSA) is 111 Å². The first-order chi connectivity index (χ1) is 37.1. The number of esters is 2. The van der Waals surface area contributed by atoms with Crippen molar-refractivity contribution in [3.63, 3.8) is 0 Å². The number of hydrogen-bond acceptors (Lipinski definition) is 8. The molecule has 2 unspecified atom stereocenters. The van der Waals surface area contributed by atoms with Crippen molar-refractivity contribution in [2.24, 2.45) is 0 Å². The van der Waals surface area contributed by atoms with Crippen LogP contribution in [0.1, 0.15) is 277 Å². The summed E-state index contributed by atoms with van der Waals surface area (Å²) in [4.78, 5) is 37.3. The van der Waals surface area contributed by atoms with Gasteiger partial charge >= 0.3 is 11.9 Å². The lowest BCUT2D eigenvalue weighted by molar-refractivity contribution is -0.870. The van der Waals surface area contributed by atoms with Crippen LogP contribution < -0.4 is 5.11 Å². The van der Waals surface area contributed by atoms with Crippen LogP contribution in [0.3, 0.4) is 0 Å². The molecule has 9 nitrogen and oxygen atoms in total. The van der Waals surface area contributed by atoms with Crippen LogP contribution in [0.15, 0.2) is 72.9 Å². The number of carbonyl (C=O) groups excluding carboxylic acids is 3. The Hall–Kier alpha value is -3.27. The molecule has 0 aromatic carbocycles. The fraction of sp³-hybridized carbons (Fsp3) is 0.776. The van der Waals surface area contributed by atoms with Gasteiger partial charge in [-0.15, -0.1) is 0 Å². The molecule has 440 valence electrons. The first-order valence-corrected chi connectivity index (χ1v) is 31.6. The number of allylic oxidation sites excluding steroid dienone is 12. The second kappa shape index (κ2) is 57.9. The molecule has 2 atom stereocenters. The van der Waals surface area contributed by atoms with Crippen LogP contribution in [0.5, 0.6) is 0 Å². The van der Waals surface area contributed by atoms with Crippen molar-refractivity contribution in [3.8, 4) is 0 Å². The predicted octanol–water partition coefficient (Wildman–Crippen LogP) is 17.6. The Morgan fingerprint density at radius 2 is 0.750 bits per heavy atom. The third-order valence-electron chi connectivity index (χ3n) is 13.7. The first-order valence-electron chi connectivity index (χ1n) is 31.6. The van der Waals surface area contributed by atoms with E-state index in [1.807, 2.05) is 21.1 Å². The highest BCUT2D eigenvalue weighted by Crippen LogP contribution is 2.17. The molecule has 0 aliphatic rings. The molecule has 0 aliphatic carbocycles. The summed E-state index contributed by atoms with van der Waals surface area (Å²) in [7, 11) is 5.92. The maximum absolute atomic E-state index is 12.9. The first kappa shape index (κ1) is 72.7. The Bertz CT molecular complexity index is 1470. The van der Waals surface area contributed by atoms with Crippen molar-refractivity contribution in [1.82, 2.24) is 0 Å². The van der Waals surface area contributed by atoms with Gasteiger partial charge in [0.1, 0.15) is 13.2 Å². The van der Waals surface area contributed by atoms with E-state index in [9.17, 15) is 19.5 Å². The highest BCUT2D eigenvalue weighted by Gasteiger charge is 2.22. The minimum atomic E-state index is -1.62. The van der Waals surface area contributed by atoms with E-state index in [0.717, 1.165) is 83.5 Å². The van der Waals surface area contributed by atoms with Gasteiger partial charge in [-0.2, -0.15) is 0 Å². The normalized spacial score (nSPS) is 13.2. The summed E-state index contributed by atoms with van der Waals surface area (Å²) < 4.78 is 22.7. The second-order valence-corrected chi connectivity index (χ2v) is 22.3. The van der Waals surface area contributed by atoms with Gasteiger partial charge in [-0.05, 0) is 83.5 Å². The fourth-order valence-corrected chi connectivity index (χ4v) is 8.85. The van der Waals surface area contributed by atoms with Gasteiger partial charge in [-0.1, -0.05) is 254 Å². The second-order valence-electron chi connectivity index (χ2n) is 22.3. The number of unbranched alkanes of at least 4 members (excludes halogenated alkanes) is 31. The number of likely N-dealkylation sites (N-methyl/N-ethyl adjacent to an activating group) is 1. The summed E-state index contributed by atoms with van der Waals surface area (Å²) in [6, 6.07) is 0. The highest BCUT2D eigenvalue weighted by atomic mass is 16.7. The van der Waals surface area contributed by atoms with Crippen molar-refractivity contribution in [2.75, 3.05) is 47.5 Å². The van der Waals surface area contributed by atoms with Gasteiger partial charge in [-0.3, -0.25) is 9.59 Å². The van der Waals surface area contributed by atoms with Crippen LogP contribution in [0.4, 0.5) is 0 Å². The van der Waals surface area contributed by atoms with Crippen LogP contribution in [0.2, 0.25) is 0 Å².